The quantitative estimate of drug-likeness (QED) is 0.454. The molecule has 0 radical (unpaired) electrons. The van der Waals surface area contributed by atoms with Gasteiger partial charge in [0.15, 0.2) is 5.58 Å². The van der Waals surface area contributed by atoms with Crippen LogP contribution in [0.25, 0.3) is 11.1 Å². The number of morpholine rings is 1. The van der Waals surface area contributed by atoms with Crippen molar-refractivity contribution >= 4 is 26.8 Å². The number of hydrogen-bond donors (Lipinski definition) is 0. The molecular formula is C18H17N3O7S. The lowest BCUT2D eigenvalue weighted by molar-refractivity contribution is -0.384. The van der Waals surface area contributed by atoms with Gasteiger partial charge in [-0.15, -0.1) is 0 Å². The number of aromatic nitrogens is 1. The maximum Gasteiger partial charge on any atom is 0.420 e. The van der Waals surface area contributed by atoms with Crippen molar-refractivity contribution < 1.29 is 22.5 Å². The molecule has 0 aliphatic carbocycles. The molecule has 1 aliphatic rings. The highest BCUT2D eigenvalue weighted by molar-refractivity contribution is 7.89. The van der Waals surface area contributed by atoms with E-state index >= 15 is 0 Å². The second-order valence-electron chi connectivity index (χ2n) is 6.52. The van der Waals surface area contributed by atoms with Crippen LogP contribution in [0.5, 0.6) is 0 Å². The lowest BCUT2D eigenvalue weighted by atomic mass is 10.2. The van der Waals surface area contributed by atoms with Crippen LogP contribution in [-0.4, -0.2) is 48.5 Å². The van der Waals surface area contributed by atoms with Crippen LogP contribution in [0, 0.1) is 10.1 Å². The Kier molecular flexibility index (Phi) is 4.94. The second kappa shape index (κ2) is 7.43. The predicted octanol–water partition coefficient (Wildman–Crippen LogP) is 1.57. The van der Waals surface area contributed by atoms with Gasteiger partial charge in [-0.2, -0.15) is 4.31 Å². The summed E-state index contributed by atoms with van der Waals surface area (Å²) in [5.41, 5.74) is 1.22. The van der Waals surface area contributed by atoms with E-state index in [2.05, 4.69) is 0 Å². The summed E-state index contributed by atoms with van der Waals surface area (Å²) in [5.74, 6) is -0.640. The van der Waals surface area contributed by atoms with Crippen molar-refractivity contribution in [2.24, 2.45) is 0 Å². The minimum Gasteiger partial charge on any atom is -0.408 e. The number of nitrogens with zero attached hydrogens (tertiary/aromatic N) is 3. The predicted molar refractivity (Wildman–Crippen MR) is 102 cm³/mol. The first kappa shape index (κ1) is 19.3. The Morgan fingerprint density at radius 2 is 1.76 bits per heavy atom. The van der Waals surface area contributed by atoms with Gasteiger partial charge in [-0.3, -0.25) is 14.7 Å². The Hall–Kier alpha value is -3.02. The SMILES string of the molecule is O=c1oc2cc(S(=O)(=O)N3CCOCC3)ccc2n1Cc1ccc([N+](=O)[O-])cc1. The molecule has 3 aromatic rings. The zero-order valence-electron chi connectivity index (χ0n) is 15.2. The van der Waals surface area contributed by atoms with Crippen LogP contribution >= 0.6 is 0 Å². The van der Waals surface area contributed by atoms with Crippen LogP contribution in [-0.2, 0) is 21.3 Å². The van der Waals surface area contributed by atoms with Gasteiger partial charge in [0.25, 0.3) is 5.69 Å². The van der Waals surface area contributed by atoms with Gasteiger partial charge < -0.3 is 9.15 Å². The maximum absolute atomic E-state index is 12.8. The molecule has 2 heterocycles. The number of oxazole rings is 1. The summed E-state index contributed by atoms with van der Waals surface area (Å²) in [6.07, 6.45) is 0. The Morgan fingerprint density at radius 3 is 2.41 bits per heavy atom. The zero-order chi connectivity index (χ0) is 20.6. The van der Waals surface area contributed by atoms with E-state index in [-0.39, 0.29) is 35.8 Å². The fraction of sp³-hybridized carbons (Fsp3) is 0.278. The standard InChI is InChI=1S/C18H17N3O7S/c22-18-20(12-13-1-3-14(4-2-13)21(23)24)16-6-5-15(11-17(16)28-18)29(25,26)19-7-9-27-10-8-19/h1-6,11H,7-10,12H2. The number of nitro groups is 1. The number of non-ortho nitro benzene ring substituents is 1. The van der Waals surface area contributed by atoms with Crippen molar-refractivity contribution in [2.45, 2.75) is 11.4 Å². The molecule has 152 valence electrons. The molecule has 2 aromatic carbocycles. The average molecular weight is 419 g/mol. The number of rotatable bonds is 5. The lowest BCUT2D eigenvalue weighted by Crippen LogP contribution is -2.40. The normalized spacial score (nSPS) is 15.6. The van der Waals surface area contributed by atoms with E-state index < -0.39 is 20.7 Å². The van der Waals surface area contributed by atoms with Gasteiger partial charge >= 0.3 is 5.76 Å². The first-order chi connectivity index (χ1) is 13.9. The molecule has 0 saturated carbocycles. The molecule has 1 saturated heterocycles. The van der Waals surface area contributed by atoms with Gasteiger partial charge in [0.05, 0.1) is 35.1 Å². The smallest absolute Gasteiger partial charge is 0.408 e. The summed E-state index contributed by atoms with van der Waals surface area (Å²) in [5, 5.41) is 10.8. The fourth-order valence-electron chi connectivity index (χ4n) is 3.20. The highest BCUT2D eigenvalue weighted by atomic mass is 32.2. The van der Waals surface area contributed by atoms with Crippen LogP contribution in [0.2, 0.25) is 0 Å². The molecule has 1 aliphatic heterocycles. The Labute approximate surface area is 165 Å². The lowest BCUT2D eigenvalue weighted by Gasteiger charge is -2.25. The molecule has 4 rings (SSSR count). The van der Waals surface area contributed by atoms with E-state index in [0.717, 1.165) is 0 Å². The highest BCUT2D eigenvalue weighted by Gasteiger charge is 2.27. The number of ether oxygens (including phenoxy) is 1. The summed E-state index contributed by atoms with van der Waals surface area (Å²) in [4.78, 5) is 22.6. The summed E-state index contributed by atoms with van der Waals surface area (Å²) in [6, 6.07) is 10.1. The molecule has 0 amide bonds. The van der Waals surface area contributed by atoms with Crippen molar-refractivity contribution in [1.29, 1.82) is 0 Å². The number of fused-ring (bicyclic) bond motifs is 1. The van der Waals surface area contributed by atoms with Crippen molar-refractivity contribution in [2.75, 3.05) is 26.3 Å². The van der Waals surface area contributed by atoms with Gasteiger partial charge in [-0.05, 0) is 17.7 Å². The topological polar surface area (TPSA) is 125 Å². The van der Waals surface area contributed by atoms with E-state index in [4.69, 9.17) is 9.15 Å². The molecule has 0 atom stereocenters. The molecule has 0 bridgehead atoms. The number of nitro benzene ring substituents is 1. The first-order valence-electron chi connectivity index (χ1n) is 8.81. The highest BCUT2D eigenvalue weighted by Crippen LogP contribution is 2.23. The zero-order valence-corrected chi connectivity index (χ0v) is 16.0. The van der Waals surface area contributed by atoms with Crippen molar-refractivity contribution in [3.05, 3.63) is 68.7 Å². The first-order valence-corrected chi connectivity index (χ1v) is 10.2. The molecule has 29 heavy (non-hydrogen) atoms. The van der Waals surface area contributed by atoms with Crippen LogP contribution in [0.1, 0.15) is 5.56 Å². The summed E-state index contributed by atoms with van der Waals surface area (Å²) in [6.45, 7) is 1.35. The number of benzene rings is 2. The molecule has 0 spiro atoms. The molecule has 1 aromatic heterocycles. The third kappa shape index (κ3) is 3.67. The van der Waals surface area contributed by atoms with Crippen molar-refractivity contribution in [3.8, 4) is 0 Å². The van der Waals surface area contributed by atoms with Crippen LogP contribution < -0.4 is 5.76 Å². The summed E-state index contributed by atoms with van der Waals surface area (Å²) >= 11 is 0. The largest absolute Gasteiger partial charge is 0.420 e. The number of sulfonamides is 1. The minimum absolute atomic E-state index is 0.0446. The molecule has 0 unspecified atom stereocenters. The molecule has 0 N–H and O–H groups in total. The minimum atomic E-state index is -3.71. The van der Waals surface area contributed by atoms with Gasteiger partial charge in [0, 0.05) is 31.3 Å². The van der Waals surface area contributed by atoms with Gasteiger partial charge in [-0.1, -0.05) is 12.1 Å². The second-order valence-corrected chi connectivity index (χ2v) is 8.46. The van der Waals surface area contributed by atoms with Crippen LogP contribution in [0.15, 0.2) is 56.6 Å². The Balaban J connectivity index is 1.66. The summed E-state index contributed by atoms with van der Waals surface area (Å²) in [7, 11) is -3.71. The van der Waals surface area contributed by atoms with Gasteiger partial charge in [0.1, 0.15) is 0 Å². The van der Waals surface area contributed by atoms with Crippen LogP contribution in [0.4, 0.5) is 5.69 Å². The Morgan fingerprint density at radius 1 is 1.07 bits per heavy atom. The maximum atomic E-state index is 12.8. The average Bonchev–Trinajstić information content (AvgIpc) is 3.03. The fourth-order valence-corrected chi connectivity index (χ4v) is 4.62. The van der Waals surface area contributed by atoms with Crippen LogP contribution in [0.3, 0.4) is 0 Å². The molecule has 11 heteroatoms. The summed E-state index contributed by atoms with van der Waals surface area (Å²) < 4.78 is 38.7. The van der Waals surface area contributed by atoms with E-state index in [1.165, 1.54) is 39.2 Å². The third-order valence-corrected chi connectivity index (χ3v) is 6.63. The molecule has 1 fully saturated rings. The Bertz CT molecular complexity index is 1220. The monoisotopic (exact) mass is 419 g/mol. The van der Waals surface area contributed by atoms with E-state index in [1.54, 1.807) is 12.1 Å². The van der Waals surface area contributed by atoms with Gasteiger partial charge in [-0.25, -0.2) is 13.2 Å². The third-order valence-electron chi connectivity index (χ3n) is 4.74. The molecular weight excluding hydrogens is 402 g/mol. The van der Waals surface area contributed by atoms with E-state index in [1.807, 2.05) is 0 Å². The number of hydrogen-bond acceptors (Lipinski definition) is 7. The van der Waals surface area contributed by atoms with Crippen molar-refractivity contribution in [3.63, 3.8) is 0 Å². The van der Waals surface area contributed by atoms with Crippen molar-refractivity contribution in [1.82, 2.24) is 8.87 Å². The van der Waals surface area contributed by atoms with Gasteiger partial charge in [0.2, 0.25) is 10.0 Å². The van der Waals surface area contributed by atoms with E-state index in [0.29, 0.717) is 24.3 Å². The molecule has 10 nitrogen and oxygen atoms in total. The van der Waals surface area contributed by atoms with E-state index in [9.17, 15) is 23.3 Å².